The van der Waals surface area contributed by atoms with Crippen molar-refractivity contribution in [3.8, 4) is 0 Å². The highest BCUT2D eigenvalue weighted by atomic mass is 19.1. The molecule has 122 valence electrons. The minimum absolute atomic E-state index is 0.313. The third-order valence-corrected chi connectivity index (χ3v) is 4.30. The number of carbonyl (C=O) groups is 1. The highest BCUT2D eigenvalue weighted by Crippen LogP contribution is 2.26. The number of halogens is 1. The summed E-state index contributed by atoms with van der Waals surface area (Å²) in [6.45, 7) is 3.30. The van der Waals surface area contributed by atoms with E-state index in [0.29, 0.717) is 30.7 Å². The van der Waals surface area contributed by atoms with Crippen molar-refractivity contribution in [3.05, 3.63) is 35.6 Å². The summed E-state index contributed by atoms with van der Waals surface area (Å²) in [5, 5.41) is 3.09. The lowest BCUT2D eigenvalue weighted by Crippen LogP contribution is -2.36. The molecule has 0 aromatic heterocycles. The highest BCUT2D eigenvalue weighted by Gasteiger charge is 2.22. The van der Waals surface area contributed by atoms with Gasteiger partial charge in [0.05, 0.1) is 12.7 Å². The largest absolute Gasteiger partial charge is 0.377 e. The molecule has 0 heterocycles. The molecule has 3 N–H and O–H groups in total. The lowest BCUT2D eigenvalue weighted by molar-refractivity contribution is -0.120. The molecule has 1 fully saturated rings. The summed E-state index contributed by atoms with van der Waals surface area (Å²) >= 11 is 0. The normalized spacial score (nSPS) is 23.2. The summed E-state index contributed by atoms with van der Waals surface area (Å²) in [5.41, 5.74) is 6.08. The van der Waals surface area contributed by atoms with Gasteiger partial charge in [-0.3, -0.25) is 10.1 Å². The summed E-state index contributed by atoms with van der Waals surface area (Å²) in [6, 6.07) is 5.18. The second-order valence-corrected chi connectivity index (χ2v) is 6.01. The maximum atomic E-state index is 12.9. The Balaban J connectivity index is 1.79. The highest BCUT2D eigenvalue weighted by molar-refractivity contribution is 5.81. The van der Waals surface area contributed by atoms with Gasteiger partial charge >= 0.3 is 0 Å². The molecular formula is C17H25FN2O2. The maximum Gasteiger partial charge on any atom is 0.239 e. The van der Waals surface area contributed by atoms with Crippen molar-refractivity contribution in [1.82, 2.24) is 5.32 Å². The lowest BCUT2D eigenvalue weighted by atomic mass is 9.88. The van der Waals surface area contributed by atoms with Crippen LogP contribution < -0.4 is 11.1 Å². The fourth-order valence-electron chi connectivity index (χ4n) is 2.98. The Morgan fingerprint density at radius 3 is 2.68 bits per heavy atom. The number of nitrogens with two attached hydrogens (primary N) is 1. The van der Waals surface area contributed by atoms with Crippen LogP contribution in [0.15, 0.2) is 24.3 Å². The minimum Gasteiger partial charge on any atom is -0.377 e. The minimum atomic E-state index is -0.618. The van der Waals surface area contributed by atoms with Crippen molar-refractivity contribution in [2.24, 2.45) is 11.7 Å². The Morgan fingerprint density at radius 1 is 1.36 bits per heavy atom. The summed E-state index contributed by atoms with van der Waals surface area (Å²) in [7, 11) is 0. The third kappa shape index (κ3) is 4.78. The molecule has 1 aliphatic carbocycles. The smallest absolute Gasteiger partial charge is 0.239 e. The third-order valence-electron chi connectivity index (χ3n) is 4.30. The predicted octanol–water partition coefficient (Wildman–Crippen LogP) is 2.54. The second kappa shape index (κ2) is 8.25. The molecule has 1 aromatic rings. The molecule has 0 bridgehead atoms. The van der Waals surface area contributed by atoms with E-state index in [4.69, 9.17) is 10.5 Å². The quantitative estimate of drug-likeness (QED) is 0.761. The number of ether oxygens (including phenoxy) is 1. The van der Waals surface area contributed by atoms with Gasteiger partial charge in [0.15, 0.2) is 0 Å². The van der Waals surface area contributed by atoms with E-state index in [0.717, 1.165) is 6.42 Å². The van der Waals surface area contributed by atoms with Gasteiger partial charge < -0.3 is 10.5 Å². The molecule has 1 amide bonds. The van der Waals surface area contributed by atoms with Gasteiger partial charge in [-0.1, -0.05) is 31.9 Å². The van der Waals surface area contributed by atoms with Crippen LogP contribution in [0.5, 0.6) is 0 Å². The number of hydrogen-bond donors (Lipinski definition) is 2. The molecule has 0 radical (unpaired) electrons. The molecule has 0 unspecified atom stereocenters. The van der Waals surface area contributed by atoms with E-state index in [2.05, 4.69) is 12.2 Å². The average Bonchev–Trinajstić information content (AvgIpc) is 2.50. The predicted molar refractivity (Wildman–Crippen MR) is 83.7 cm³/mol. The average molecular weight is 308 g/mol. The van der Waals surface area contributed by atoms with E-state index in [1.54, 1.807) is 12.1 Å². The van der Waals surface area contributed by atoms with Crippen molar-refractivity contribution >= 4 is 5.91 Å². The number of carbonyl (C=O) groups excluding carboxylic acids is 1. The van der Waals surface area contributed by atoms with Gasteiger partial charge in [0.25, 0.3) is 0 Å². The molecule has 0 spiro atoms. The Kier molecular flexibility index (Phi) is 6.34. The first kappa shape index (κ1) is 16.9. The fourth-order valence-corrected chi connectivity index (χ4v) is 2.98. The SMILES string of the molecule is C[C@@H]1CCCC[C@@H]1OCCN[C@H](C(N)=O)c1ccc(F)cc1. The molecule has 1 aromatic carbocycles. The van der Waals surface area contributed by atoms with Crippen molar-refractivity contribution in [2.75, 3.05) is 13.2 Å². The topological polar surface area (TPSA) is 64.3 Å². The lowest BCUT2D eigenvalue weighted by Gasteiger charge is -2.29. The van der Waals surface area contributed by atoms with Gasteiger partial charge in [0, 0.05) is 6.54 Å². The van der Waals surface area contributed by atoms with Crippen LogP contribution in [0.2, 0.25) is 0 Å². The van der Waals surface area contributed by atoms with Gasteiger partial charge in [0.1, 0.15) is 11.9 Å². The van der Waals surface area contributed by atoms with E-state index in [-0.39, 0.29) is 5.82 Å². The van der Waals surface area contributed by atoms with Crippen LogP contribution in [0.3, 0.4) is 0 Å². The van der Waals surface area contributed by atoms with Crippen LogP contribution in [-0.2, 0) is 9.53 Å². The molecular weight excluding hydrogens is 283 g/mol. The van der Waals surface area contributed by atoms with E-state index in [1.165, 1.54) is 31.4 Å². The Bertz CT molecular complexity index is 478. The van der Waals surface area contributed by atoms with Crippen LogP contribution in [0.4, 0.5) is 4.39 Å². The van der Waals surface area contributed by atoms with Crippen LogP contribution in [0.1, 0.15) is 44.2 Å². The molecule has 2 rings (SSSR count). The van der Waals surface area contributed by atoms with Crippen molar-refractivity contribution < 1.29 is 13.9 Å². The van der Waals surface area contributed by atoms with Crippen molar-refractivity contribution in [1.29, 1.82) is 0 Å². The van der Waals surface area contributed by atoms with Crippen LogP contribution >= 0.6 is 0 Å². The molecule has 1 saturated carbocycles. The Labute approximate surface area is 131 Å². The van der Waals surface area contributed by atoms with Gasteiger partial charge in [-0.15, -0.1) is 0 Å². The van der Waals surface area contributed by atoms with E-state index in [1.807, 2.05) is 0 Å². The van der Waals surface area contributed by atoms with E-state index in [9.17, 15) is 9.18 Å². The van der Waals surface area contributed by atoms with Crippen LogP contribution in [0.25, 0.3) is 0 Å². The summed E-state index contributed by atoms with van der Waals surface area (Å²) in [4.78, 5) is 11.6. The Morgan fingerprint density at radius 2 is 2.05 bits per heavy atom. The number of hydrogen-bond acceptors (Lipinski definition) is 3. The van der Waals surface area contributed by atoms with Gasteiger partial charge in [-0.25, -0.2) is 4.39 Å². The molecule has 1 aliphatic rings. The number of benzene rings is 1. The molecule has 4 nitrogen and oxygen atoms in total. The number of primary amides is 1. The first-order valence-corrected chi connectivity index (χ1v) is 7.97. The van der Waals surface area contributed by atoms with E-state index >= 15 is 0 Å². The fraction of sp³-hybridized carbons (Fsp3) is 0.588. The standard InChI is InChI=1S/C17H25FN2O2/c1-12-4-2-3-5-15(12)22-11-10-20-16(17(19)21)13-6-8-14(18)9-7-13/h6-9,12,15-16,20H,2-5,10-11H2,1H3,(H2,19,21)/t12-,15+,16+/m1/s1. The molecule has 22 heavy (non-hydrogen) atoms. The second-order valence-electron chi connectivity index (χ2n) is 6.01. The number of rotatable bonds is 7. The summed E-state index contributed by atoms with van der Waals surface area (Å²) in [6.07, 6.45) is 5.15. The van der Waals surface area contributed by atoms with Gasteiger partial charge in [-0.05, 0) is 36.5 Å². The molecule has 5 heteroatoms. The monoisotopic (exact) mass is 308 g/mol. The van der Waals surface area contributed by atoms with Crippen LogP contribution in [-0.4, -0.2) is 25.2 Å². The van der Waals surface area contributed by atoms with Gasteiger partial charge in [-0.2, -0.15) is 0 Å². The molecule has 0 aliphatic heterocycles. The molecule has 3 atom stereocenters. The molecule has 0 saturated heterocycles. The van der Waals surface area contributed by atoms with E-state index < -0.39 is 11.9 Å². The zero-order valence-corrected chi connectivity index (χ0v) is 13.1. The number of nitrogens with one attached hydrogen (secondary N) is 1. The number of amides is 1. The zero-order chi connectivity index (χ0) is 15.9. The Hall–Kier alpha value is -1.46. The zero-order valence-electron chi connectivity index (χ0n) is 13.1. The first-order chi connectivity index (χ1) is 10.6. The first-order valence-electron chi connectivity index (χ1n) is 7.97. The van der Waals surface area contributed by atoms with Crippen molar-refractivity contribution in [2.45, 2.75) is 44.8 Å². The van der Waals surface area contributed by atoms with Crippen LogP contribution in [0, 0.1) is 11.7 Å². The maximum absolute atomic E-state index is 12.9. The van der Waals surface area contributed by atoms with Crippen molar-refractivity contribution in [3.63, 3.8) is 0 Å². The summed E-state index contributed by atoms with van der Waals surface area (Å²) in [5.74, 6) is -0.211. The van der Waals surface area contributed by atoms with Gasteiger partial charge in [0.2, 0.25) is 5.91 Å². The summed E-state index contributed by atoms with van der Waals surface area (Å²) < 4.78 is 18.8.